The van der Waals surface area contributed by atoms with Crippen molar-refractivity contribution in [2.75, 3.05) is 26.9 Å². The summed E-state index contributed by atoms with van der Waals surface area (Å²) < 4.78 is 16.1. The molecule has 0 radical (unpaired) electrons. The maximum absolute atomic E-state index is 11.7. The molecule has 0 saturated heterocycles. The minimum atomic E-state index is -0.238. The van der Waals surface area contributed by atoms with Crippen LogP contribution in [0.2, 0.25) is 0 Å². The third-order valence-corrected chi connectivity index (χ3v) is 3.23. The molecule has 0 fully saturated rings. The van der Waals surface area contributed by atoms with Crippen LogP contribution >= 0.6 is 0 Å². The Morgan fingerprint density at radius 3 is 2.55 bits per heavy atom. The standard InChI is InChI=1S/C17H27NO4/c1-5-21-17(19)9-14(10-18)13-6-7-15(20-4)16(8-13)22-11-12(2)3/h6-8,12,14H,5,9-11,18H2,1-4H3. The minimum Gasteiger partial charge on any atom is -0.493 e. The van der Waals surface area contributed by atoms with Gasteiger partial charge in [0.2, 0.25) is 0 Å². The highest BCUT2D eigenvalue weighted by atomic mass is 16.5. The number of hydrogen-bond acceptors (Lipinski definition) is 5. The Morgan fingerprint density at radius 2 is 2.00 bits per heavy atom. The molecule has 1 atom stereocenters. The molecule has 1 aromatic carbocycles. The number of rotatable bonds is 9. The van der Waals surface area contributed by atoms with Gasteiger partial charge in [0.25, 0.3) is 0 Å². The smallest absolute Gasteiger partial charge is 0.306 e. The molecule has 5 heteroatoms. The average Bonchev–Trinajstić information content (AvgIpc) is 2.50. The Morgan fingerprint density at radius 1 is 1.27 bits per heavy atom. The molecule has 2 N–H and O–H groups in total. The molecule has 5 nitrogen and oxygen atoms in total. The van der Waals surface area contributed by atoms with E-state index in [1.807, 2.05) is 18.2 Å². The van der Waals surface area contributed by atoms with Gasteiger partial charge >= 0.3 is 5.97 Å². The molecule has 1 rings (SSSR count). The molecule has 1 aromatic rings. The van der Waals surface area contributed by atoms with Crippen molar-refractivity contribution in [3.05, 3.63) is 23.8 Å². The number of carbonyl (C=O) groups excluding carboxylic acids is 1. The predicted molar refractivity (Wildman–Crippen MR) is 86.4 cm³/mol. The summed E-state index contributed by atoms with van der Waals surface area (Å²) in [6, 6.07) is 5.66. The molecule has 0 aliphatic heterocycles. The second-order valence-corrected chi connectivity index (χ2v) is 5.56. The van der Waals surface area contributed by atoms with Gasteiger partial charge in [-0.05, 0) is 37.1 Å². The molecule has 1 unspecified atom stereocenters. The molecule has 0 amide bonds. The van der Waals surface area contributed by atoms with Crippen LogP contribution in [0.3, 0.4) is 0 Å². The van der Waals surface area contributed by atoms with E-state index in [1.54, 1.807) is 14.0 Å². The van der Waals surface area contributed by atoms with E-state index in [2.05, 4.69) is 13.8 Å². The van der Waals surface area contributed by atoms with E-state index in [4.69, 9.17) is 19.9 Å². The van der Waals surface area contributed by atoms with Crippen LogP contribution in [0.15, 0.2) is 18.2 Å². The average molecular weight is 309 g/mol. The van der Waals surface area contributed by atoms with E-state index >= 15 is 0 Å². The quantitative estimate of drug-likeness (QED) is 0.710. The highest BCUT2D eigenvalue weighted by molar-refractivity contribution is 5.70. The monoisotopic (exact) mass is 309 g/mol. The van der Waals surface area contributed by atoms with Crippen molar-refractivity contribution in [3.63, 3.8) is 0 Å². The van der Waals surface area contributed by atoms with Gasteiger partial charge in [0.05, 0.1) is 26.7 Å². The maximum atomic E-state index is 11.7. The first-order valence-corrected chi connectivity index (χ1v) is 7.68. The fraction of sp³-hybridized carbons (Fsp3) is 0.588. The normalized spacial score (nSPS) is 12.1. The van der Waals surface area contributed by atoms with E-state index in [0.29, 0.717) is 37.2 Å². The van der Waals surface area contributed by atoms with E-state index in [1.165, 1.54) is 0 Å². The van der Waals surface area contributed by atoms with Gasteiger partial charge in [0.15, 0.2) is 11.5 Å². The van der Waals surface area contributed by atoms with Crippen LogP contribution in [0, 0.1) is 5.92 Å². The summed E-state index contributed by atoms with van der Waals surface area (Å²) in [6.45, 7) is 7.31. The van der Waals surface area contributed by atoms with Crippen LogP contribution < -0.4 is 15.2 Å². The van der Waals surface area contributed by atoms with Gasteiger partial charge in [-0.25, -0.2) is 0 Å². The topological polar surface area (TPSA) is 70.8 Å². The molecule has 0 aromatic heterocycles. The first-order chi connectivity index (χ1) is 10.5. The highest BCUT2D eigenvalue weighted by Crippen LogP contribution is 2.32. The fourth-order valence-electron chi connectivity index (χ4n) is 2.07. The van der Waals surface area contributed by atoms with Crippen molar-refractivity contribution in [3.8, 4) is 11.5 Å². The molecule has 124 valence electrons. The van der Waals surface area contributed by atoms with E-state index in [-0.39, 0.29) is 18.3 Å². The third-order valence-electron chi connectivity index (χ3n) is 3.23. The second kappa shape index (κ2) is 9.30. The Labute approximate surface area is 132 Å². The van der Waals surface area contributed by atoms with Crippen LogP contribution in [0.1, 0.15) is 38.7 Å². The summed E-state index contributed by atoms with van der Waals surface area (Å²) >= 11 is 0. The van der Waals surface area contributed by atoms with Crippen molar-refractivity contribution in [2.45, 2.75) is 33.1 Å². The lowest BCUT2D eigenvalue weighted by Gasteiger charge is -2.18. The summed E-state index contributed by atoms with van der Waals surface area (Å²) in [5.74, 6) is 1.44. The van der Waals surface area contributed by atoms with Crippen molar-refractivity contribution in [2.24, 2.45) is 11.7 Å². The van der Waals surface area contributed by atoms with Crippen LogP contribution in [-0.2, 0) is 9.53 Å². The molecule has 0 heterocycles. The summed E-state index contributed by atoms with van der Waals surface area (Å²) in [6.07, 6.45) is 0.264. The number of carbonyl (C=O) groups is 1. The Bertz CT molecular complexity index is 474. The SMILES string of the molecule is CCOC(=O)CC(CN)c1ccc(OC)c(OCC(C)C)c1. The zero-order valence-electron chi connectivity index (χ0n) is 13.9. The molecular weight excluding hydrogens is 282 g/mol. The van der Waals surface area contributed by atoms with Crippen LogP contribution in [0.25, 0.3) is 0 Å². The molecule has 0 aliphatic rings. The molecule has 0 bridgehead atoms. The summed E-state index contributed by atoms with van der Waals surface area (Å²) in [7, 11) is 1.61. The van der Waals surface area contributed by atoms with Crippen molar-refractivity contribution < 1.29 is 19.0 Å². The van der Waals surface area contributed by atoms with Crippen LogP contribution in [0.4, 0.5) is 0 Å². The number of nitrogens with two attached hydrogens (primary N) is 1. The molecular formula is C17H27NO4. The number of benzene rings is 1. The lowest BCUT2D eigenvalue weighted by Crippen LogP contribution is -2.18. The Hall–Kier alpha value is -1.75. The van der Waals surface area contributed by atoms with Gasteiger partial charge in [-0.3, -0.25) is 4.79 Å². The summed E-state index contributed by atoms with van der Waals surface area (Å²) in [4.78, 5) is 11.7. The highest BCUT2D eigenvalue weighted by Gasteiger charge is 2.18. The molecule has 0 aliphatic carbocycles. The molecule has 22 heavy (non-hydrogen) atoms. The van der Waals surface area contributed by atoms with Gasteiger partial charge in [-0.15, -0.1) is 0 Å². The second-order valence-electron chi connectivity index (χ2n) is 5.56. The van der Waals surface area contributed by atoms with Gasteiger partial charge in [0, 0.05) is 5.92 Å². The number of esters is 1. The van der Waals surface area contributed by atoms with Crippen molar-refractivity contribution in [1.82, 2.24) is 0 Å². The van der Waals surface area contributed by atoms with Crippen molar-refractivity contribution in [1.29, 1.82) is 0 Å². The Kier molecular flexibility index (Phi) is 7.74. The Balaban J connectivity index is 2.92. The summed E-state index contributed by atoms with van der Waals surface area (Å²) in [5.41, 5.74) is 6.77. The zero-order valence-corrected chi connectivity index (χ0v) is 13.9. The lowest BCUT2D eigenvalue weighted by atomic mass is 9.95. The summed E-state index contributed by atoms with van der Waals surface area (Å²) in [5, 5.41) is 0. The number of methoxy groups -OCH3 is 1. The van der Waals surface area contributed by atoms with E-state index < -0.39 is 0 Å². The number of hydrogen-bond donors (Lipinski definition) is 1. The maximum Gasteiger partial charge on any atom is 0.306 e. The first-order valence-electron chi connectivity index (χ1n) is 7.68. The fourth-order valence-corrected chi connectivity index (χ4v) is 2.07. The molecule has 0 saturated carbocycles. The van der Waals surface area contributed by atoms with Gasteiger partial charge in [-0.1, -0.05) is 19.9 Å². The van der Waals surface area contributed by atoms with Gasteiger partial charge in [-0.2, -0.15) is 0 Å². The van der Waals surface area contributed by atoms with E-state index in [0.717, 1.165) is 5.56 Å². The van der Waals surface area contributed by atoms with Gasteiger partial charge in [0.1, 0.15) is 0 Å². The van der Waals surface area contributed by atoms with Gasteiger partial charge < -0.3 is 19.9 Å². The molecule has 0 spiro atoms. The van der Waals surface area contributed by atoms with Crippen LogP contribution in [0.5, 0.6) is 11.5 Å². The minimum absolute atomic E-state index is 0.0913. The van der Waals surface area contributed by atoms with Crippen molar-refractivity contribution >= 4 is 5.97 Å². The van der Waals surface area contributed by atoms with E-state index in [9.17, 15) is 4.79 Å². The predicted octanol–water partition coefficient (Wildman–Crippen LogP) is 2.73. The first kappa shape index (κ1) is 18.3. The largest absolute Gasteiger partial charge is 0.493 e. The third kappa shape index (κ3) is 5.56. The lowest BCUT2D eigenvalue weighted by molar-refractivity contribution is -0.143. The zero-order chi connectivity index (χ0) is 16.5. The number of ether oxygens (including phenoxy) is 3. The van der Waals surface area contributed by atoms with Crippen LogP contribution in [-0.4, -0.2) is 32.8 Å².